The van der Waals surface area contributed by atoms with Crippen molar-refractivity contribution in [2.75, 3.05) is 25.6 Å². The zero-order valence-corrected chi connectivity index (χ0v) is 15.8. The third-order valence-electron chi connectivity index (χ3n) is 4.09. The summed E-state index contributed by atoms with van der Waals surface area (Å²) in [5.41, 5.74) is 2.96. The summed E-state index contributed by atoms with van der Waals surface area (Å²) < 4.78 is 6.97. The lowest BCUT2D eigenvalue weighted by Gasteiger charge is -2.09. The number of hydrogen-bond acceptors (Lipinski definition) is 6. The van der Waals surface area contributed by atoms with Gasteiger partial charge in [0.1, 0.15) is 5.52 Å². The molecule has 3 aromatic rings. The molecule has 0 spiro atoms. The number of benzene rings is 1. The maximum absolute atomic E-state index is 12.1. The zero-order valence-electron chi connectivity index (χ0n) is 15.8. The van der Waals surface area contributed by atoms with Crippen molar-refractivity contribution in [2.45, 2.75) is 26.3 Å². The van der Waals surface area contributed by atoms with E-state index in [1.165, 1.54) is 0 Å². The SMILES string of the molecule is COCCCNC(=O)c1ccc(Nc2ncc3ncn(C(C)C)c3n2)cc1. The second-order valence-corrected chi connectivity index (χ2v) is 6.45. The molecule has 0 unspecified atom stereocenters. The van der Waals surface area contributed by atoms with Crippen molar-refractivity contribution in [3.8, 4) is 0 Å². The monoisotopic (exact) mass is 368 g/mol. The van der Waals surface area contributed by atoms with Gasteiger partial charge in [-0.1, -0.05) is 0 Å². The van der Waals surface area contributed by atoms with Crippen LogP contribution in [0, 0.1) is 0 Å². The first kappa shape index (κ1) is 18.8. The second-order valence-electron chi connectivity index (χ2n) is 6.45. The van der Waals surface area contributed by atoms with Gasteiger partial charge < -0.3 is 19.9 Å². The molecule has 1 amide bonds. The van der Waals surface area contributed by atoms with Gasteiger partial charge in [-0.15, -0.1) is 0 Å². The summed E-state index contributed by atoms with van der Waals surface area (Å²) >= 11 is 0. The topological polar surface area (TPSA) is 94.0 Å². The molecule has 0 aliphatic carbocycles. The first-order chi connectivity index (χ1) is 13.1. The number of aromatic nitrogens is 4. The summed E-state index contributed by atoms with van der Waals surface area (Å²) in [4.78, 5) is 25.3. The lowest BCUT2D eigenvalue weighted by Crippen LogP contribution is -2.25. The number of ether oxygens (including phenoxy) is 1. The molecule has 2 aromatic heterocycles. The van der Waals surface area contributed by atoms with Crippen LogP contribution in [-0.4, -0.2) is 45.7 Å². The van der Waals surface area contributed by atoms with Crippen molar-refractivity contribution in [2.24, 2.45) is 0 Å². The molecular formula is C19H24N6O2. The molecule has 2 N–H and O–H groups in total. The minimum absolute atomic E-state index is 0.101. The van der Waals surface area contributed by atoms with Crippen LogP contribution in [0.4, 0.5) is 11.6 Å². The van der Waals surface area contributed by atoms with Crippen LogP contribution in [-0.2, 0) is 4.74 Å². The van der Waals surface area contributed by atoms with Crippen LogP contribution in [0.5, 0.6) is 0 Å². The highest BCUT2D eigenvalue weighted by Gasteiger charge is 2.10. The molecule has 1 aromatic carbocycles. The van der Waals surface area contributed by atoms with Crippen molar-refractivity contribution in [1.29, 1.82) is 0 Å². The summed E-state index contributed by atoms with van der Waals surface area (Å²) in [7, 11) is 1.64. The molecule has 27 heavy (non-hydrogen) atoms. The fourth-order valence-corrected chi connectivity index (χ4v) is 2.62. The number of nitrogens with one attached hydrogen (secondary N) is 2. The fourth-order valence-electron chi connectivity index (χ4n) is 2.62. The first-order valence-electron chi connectivity index (χ1n) is 8.92. The van der Waals surface area contributed by atoms with E-state index in [-0.39, 0.29) is 11.9 Å². The molecular weight excluding hydrogens is 344 g/mol. The highest BCUT2D eigenvalue weighted by Crippen LogP contribution is 2.19. The molecule has 142 valence electrons. The van der Waals surface area contributed by atoms with E-state index in [0.29, 0.717) is 24.7 Å². The smallest absolute Gasteiger partial charge is 0.251 e. The predicted molar refractivity (Wildman–Crippen MR) is 104 cm³/mol. The molecule has 0 atom stereocenters. The summed E-state index contributed by atoms with van der Waals surface area (Å²) in [5, 5.41) is 6.03. The van der Waals surface area contributed by atoms with Crippen molar-refractivity contribution in [1.82, 2.24) is 24.8 Å². The van der Waals surface area contributed by atoms with Gasteiger partial charge in [-0.25, -0.2) is 9.97 Å². The first-order valence-corrected chi connectivity index (χ1v) is 8.92. The van der Waals surface area contributed by atoms with Crippen LogP contribution < -0.4 is 10.6 Å². The van der Waals surface area contributed by atoms with Crippen molar-refractivity contribution >= 4 is 28.7 Å². The van der Waals surface area contributed by atoms with E-state index in [9.17, 15) is 4.79 Å². The van der Waals surface area contributed by atoms with Gasteiger partial charge >= 0.3 is 0 Å². The molecule has 0 saturated heterocycles. The standard InChI is InChI=1S/C19H24N6O2/c1-13(2)25-12-22-16-11-21-19(24-17(16)25)23-15-7-5-14(6-8-15)18(26)20-9-4-10-27-3/h5-8,11-13H,4,9-10H2,1-3H3,(H,20,26)(H,21,23,24). The van der Waals surface area contributed by atoms with Crippen LogP contribution in [0.3, 0.4) is 0 Å². The van der Waals surface area contributed by atoms with E-state index < -0.39 is 0 Å². The van der Waals surface area contributed by atoms with E-state index in [1.54, 1.807) is 31.8 Å². The van der Waals surface area contributed by atoms with Crippen LogP contribution >= 0.6 is 0 Å². The van der Waals surface area contributed by atoms with Gasteiger partial charge in [-0.2, -0.15) is 4.98 Å². The molecule has 8 nitrogen and oxygen atoms in total. The lowest BCUT2D eigenvalue weighted by molar-refractivity contribution is 0.0948. The van der Waals surface area contributed by atoms with Gasteiger partial charge in [-0.05, 0) is 44.5 Å². The molecule has 0 bridgehead atoms. The van der Waals surface area contributed by atoms with Gasteiger partial charge in [0.15, 0.2) is 5.65 Å². The van der Waals surface area contributed by atoms with Gasteiger partial charge in [0.2, 0.25) is 5.95 Å². The van der Waals surface area contributed by atoms with E-state index in [0.717, 1.165) is 23.3 Å². The third-order valence-corrected chi connectivity index (χ3v) is 4.09. The number of carbonyl (C=O) groups is 1. The minimum Gasteiger partial charge on any atom is -0.385 e. The number of rotatable bonds is 8. The number of methoxy groups -OCH3 is 1. The number of hydrogen-bond donors (Lipinski definition) is 2. The molecule has 8 heteroatoms. The maximum atomic E-state index is 12.1. The molecule has 3 rings (SSSR count). The number of imidazole rings is 1. The zero-order chi connectivity index (χ0) is 19.2. The number of fused-ring (bicyclic) bond motifs is 1. The lowest BCUT2D eigenvalue weighted by atomic mass is 10.2. The number of nitrogens with zero attached hydrogens (tertiary/aromatic N) is 4. The predicted octanol–water partition coefficient (Wildman–Crippen LogP) is 2.92. The molecule has 0 aliphatic heterocycles. The molecule has 0 fully saturated rings. The van der Waals surface area contributed by atoms with E-state index in [4.69, 9.17) is 4.74 Å². The second kappa shape index (κ2) is 8.59. The quantitative estimate of drug-likeness (QED) is 0.594. The van der Waals surface area contributed by atoms with E-state index >= 15 is 0 Å². The van der Waals surface area contributed by atoms with Crippen LogP contribution in [0.25, 0.3) is 11.2 Å². The van der Waals surface area contributed by atoms with Crippen LogP contribution in [0.1, 0.15) is 36.7 Å². The van der Waals surface area contributed by atoms with Crippen molar-refractivity contribution in [3.63, 3.8) is 0 Å². The van der Waals surface area contributed by atoms with Crippen LogP contribution in [0.2, 0.25) is 0 Å². The number of carbonyl (C=O) groups excluding carboxylic acids is 1. The number of anilines is 2. The average Bonchev–Trinajstić information content (AvgIpc) is 3.09. The number of amides is 1. The van der Waals surface area contributed by atoms with Crippen molar-refractivity contribution in [3.05, 3.63) is 42.4 Å². The summed E-state index contributed by atoms with van der Waals surface area (Å²) in [5.74, 6) is 0.387. The van der Waals surface area contributed by atoms with E-state index in [1.807, 2.05) is 16.7 Å². The van der Waals surface area contributed by atoms with Gasteiger partial charge in [0, 0.05) is 37.6 Å². The third kappa shape index (κ3) is 4.59. The fraction of sp³-hybridized carbons (Fsp3) is 0.368. The summed E-state index contributed by atoms with van der Waals surface area (Å²) in [6, 6.07) is 7.46. The van der Waals surface area contributed by atoms with Crippen LogP contribution in [0.15, 0.2) is 36.8 Å². The maximum Gasteiger partial charge on any atom is 0.251 e. The normalized spacial score (nSPS) is 11.1. The average molecular weight is 368 g/mol. The Kier molecular flexibility index (Phi) is 5.97. The Morgan fingerprint density at radius 3 is 2.70 bits per heavy atom. The Morgan fingerprint density at radius 2 is 2.00 bits per heavy atom. The van der Waals surface area contributed by atoms with Gasteiger partial charge in [-0.3, -0.25) is 4.79 Å². The molecule has 0 saturated carbocycles. The Hall–Kier alpha value is -3.00. The Balaban J connectivity index is 1.66. The highest BCUT2D eigenvalue weighted by atomic mass is 16.5. The Bertz CT molecular complexity index is 904. The molecule has 0 radical (unpaired) electrons. The van der Waals surface area contributed by atoms with Gasteiger partial charge in [0.05, 0.1) is 12.5 Å². The minimum atomic E-state index is -0.101. The summed E-state index contributed by atoms with van der Waals surface area (Å²) in [6.45, 7) is 5.37. The Morgan fingerprint density at radius 1 is 1.22 bits per heavy atom. The molecule has 2 heterocycles. The summed E-state index contributed by atoms with van der Waals surface area (Å²) in [6.07, 6.45) is 4.26. The largest absolute Gasteiger partial charge is 0.385 e. The van der Waals surface area contributed by atoms with Gasteiger partial charge in [0.25, 0.3) is 5.91 Å². The molecule has 0 aliphatic rings. The van der Waals surface area contributed by atoms with Crippen molar-refractivity contribution < 1.29 is 9.53 Å². The highest BCUT2D eigenvalue weighted by molar-refractivity contribution is 5.94. The van der Waals surface area contributed by atoms with E-state index in [2.05, 4.69) is 39.4 Å². The Labute approximate surface area is 158 Å².